The van der Waals surface area contributed by atoms with Gasteiger partial charge in [0, 0.05) is 11.8 Å². The first-order chi connectivity index (χ1) is 7.72. The molecule has 82 valence electrons. The molecular formula is C12H10FNO2. The number of carbonyl (C=O) groups is 1. The van der Waals surface area contributed by atoms with E-state index in [4.69, 9.17) is 4.74 Å². The minimum atomic E-state index is -0.429. The van der Waals surface area contributed by atoms with Crippen molar-refractivity contribution in [3.8, 4) is 5.75 Å². The molecule has 1 aromatic heterocycles. The van der Waals surface area contributed by atoms with Gasteiger partial charge in [-0.1, -0.05) is 0 Å². The largest absolute Gasteiger partial charge is 0.494 e. The van der Waals surface area contributed by atoms with Gasteiger partial charge in [0.2, 0.25) is 0 Å². The lowest BCUT2D eigenvalue weighted by molar-refractivity contribution is 0.0990. The van der Waals surface area contributed by atoms with Gasteiger partial charge >= 0.3 is 0 Å². The minimum Gasteiger partial charge on any atom is -0.494 e. The molecule has 1 aliphatic rings. The van der Waals surface area contributed by atoms with Crippen molar-refractivity contribution in [3.05, 3.63) is 29.2 Å². The highest BCUT2D eigenvalue weighted by atomic mass is 19.1. The maximum Gasteiger partial charge on any atom is 0.189 e. The predicted octanol–water partition coefficient (Wildman–Crippen LogP) is 2.44. The summed E-state index contributed by atoms with van der Waals surface area (Å²) in [4.78, 5) is 14.4. The van der Waals surface area contributed by atoms with E-state index in [0.29, 0.717) is 24.1 Å². The zero-order valence-corrected chi connectivity index (χ0v) is 8.76. The third-order valence-corrected chi connectivity index (χ3v) is 3.08. The van der Waals surface area contributed by atoms with Crippen LogP contribution in [-0.4, -0.2) is 17.9 Å². The number of carbonyl (C=O) groups excluding carboxylic acids is 1. The maximum atomic E-state index is 13.9. The molecule has 0 unspecified atom stereocenters. The molecule has 0 atom stereocenters. The standard InChI is InChI=1S/C12H10FNO2/c1-16-9-5-3-7-6-2-4-8(15)11(6)14-12(7)10(9)13/h3,5,14H,2,4H2,1H3. The van der Waals surface area contributed by atoms with Crippen molar-refractivity contribution in [1.82, 2.24) is 4.98 Å². The molecule has 1 N–H and O–H groups in total. The number of benzene rings is 1. The number of methoxy groups -OCH3 is 1. The number of Topliss-reactive ketones (excluding diaryl/α,β-unsaturated/α-hetero) is 1. The lowest BCUT2D eigenvalue weighted by atomic mass is 10.1. The number of ether oxygens (including phenoxy) is 1. The second kappa shape index (κ2) is 3.07. The molecule has 0 fully saturated rings. The Labute approximate surface area is 91.2 Å². The number of fused-ring (bicyclic) bond motifs is 3. The zero-order valence-electron chi connectivity index (χ0n) is 8.76. The second-order valence-electron chi connectivity index (χ2n) is 3.91. The normalized spacial score (nSPS) is 14.5. The summed E-state index contributed by atoms with van der Waals surface area (Å²) in [6.45, 7) is 0. The first-order valence-electron chi connectivity index (χ1n) is 5.12. The molecule has 0 saturated heterocycles. The van der Waals surface area contributed by atoms with Gasteiger partial charge < -0.3 is 9.72 Å². The van der Waals surface area contributed by atoms with Gasteiger partial charge in [0.25, 0.3) is 0 Å². The average Bonchev–Trinajstić information content (AvgIpc) is 2.81. The Bertz CT molecular complexity index is 601. The van der Waals surface area contributed by atoms with Gasteiger partial charge in [0.05, 0.1) is 18.3 Å². The summed E-state index contributed by atoms with van der Waals surface area (Å²) in [5.41, 5.74) is 1.86. The number of rotatable bonds is 1. The number of aromatic nitrogens is 1. The van der Waals surface area contributed by atoms with E-state index in [9.17, 15) is 9.18 Å². The van der Waals surface area contributed by atoms with Gasteiger partial charge in [-0.05, 0) is 24.1 Å². The van der Waals surface area contributed by atoms with Crippen molar-refractivity contribution in [2.24, 2.45) is 0 Å². The quantitative estimate of drug-likeness (QED) is 0.800. The Hall–Kier alpha value is -1.84. The summed E-state index contributed by atoms with van der Waals surface area (Å²) < 4.78 is 18.8. The first kappa shape index (κ1) is 9.39. The van der Waals surface area contributed by atoms with Gasteiger partial charge in [-0.25, -0.2) is 4.39 Å². The number of nitrogens with one attached hydrogen (secondary N) is 1. The zero-order chi connectivity index (χ0) is 11.3. The van der Waals surface area contributed by atoms with Gasteiger partial charge in [-0.3, -0.25) is 4.79 Å². The van der Waals surface area contributed by atoms with Crippen LogP contribution in [0.1, 0.15) is 22.5 Å². The molecule has 0 bridgehead atoms. The number of H-pyrrole nitrogens is 1. The van der Waals surface area contributed by atoms with Gasteiger partial charge in [-0.2, -0.15) is 0 Å². The van der Waals surface area contributed by atoms with Crippen LogP contribution in [0.15, 0.2) is 12.1 Å². The van der Waals surface area contributed by atoms with Crippen LogP contribution in [0.5, 0.6) is 5.75 Å². The molecule has 0 aliphatic heterocycles. The van der Waals surface area contributed by atoms with E-state index in [-0.39, 0.29) is 11.5 Å². The van der Waals surface area contributed by atoms with Crippen LogP contribution in [-0.2, 0) is 6.42 Å². The molecule has 16 heavy (non-hydrogen) atoms. The molecule has 4 heteroatoms. The third kappa shape index (κ3) is 1.04. The van der Waals surface area contributed by atoms with E-state index in [0.717, 1.165) is 10.9 Å². The lowest BCUT2D eigenvalue weighted by Gasteiger charge is -2.02. The molecule has 1 aliphatic carbocycles. The van der Waals surface area contributed by atoms with E-state index in [1.54, 1.807) is 12.1 Å². The van der Waals surface area contributed by atoms with Crippen LogP contribution in [0, 0.1) is 5.82 Å². The summed E-state index contributed by atoms with van der Waals surface area (Å²) in [6, 6.07) is 3.39. The SMILES string of the molecule is COc1ccc2c3c([nH]c2c1F)C(=O)CC3. The second-order valence-corrected chi connectivity index (χ2v) is 3.91. The number of ketones is 1. The van der Waals surface area contributed by atoms with E-state index in [1.165, 1.54) is 7.11 Å². The van der Waals surface area contributed by atoms with Crippen molar-refractivity contribution in [2.45, 2.75) is 12.8 Å². The van der Waals surface area contributed by atoms with Crippen LogP contribution in [0.3, 0.4) is 0 Å². The van der Waals surface area contributed by atoms with Crippen molar-refractivity contribution >= 4 is 16.7 Å². The van der Waals surface area contributed by atoms with Crippen molar-refractivity contribution in [1.29, 1.82) is 0 Å². The van der Waals surface area contributed by atoms with Crippen LogP contribution in [0.4, 0.5) is 4.39 Å². The highest BCUT2D eigenvalue weighted by molar-refractivity contribution is 6.05. The fourth-order valence-corrected chi connectivity index (χ4v) is 2.28. The fraction of sp³-hybridized carbons (Fsp3) is 0.250. The highest BCUT2D eigenvalue weighted by Gasteiger charge is 2.26. The number of aromatic amines is 1. The maximum absolute atomic E-state index is 13.9. The van der Waals surface area contributed by atoms with E-state index < -0.39 is 5.82 Å². The molecule has 3 nitrogen and oxygen atoms in total. The molecule has 0 spiro atoms. The van der Waals surface area contributed by atoms with Crippen LogP contribution < -0.4 is 4.74 Å². The monoisotopic (exact) mass is 219 g/mol. The summed E-state index contributed by atoms with van der Waals surface area (Å²) >= 11 is 0. The van der Waals surface area contributed by atoms with Crippen LogP contribution in [0.2, 0.25) is 0 Å². The summed E-state index contributed by atoms with van der Waals surface area (Å²) in [6.07, 6.45) is 1.21. The molecular weight excluding hydrogens is 209 g/mol. The van der Waals surface area contributed by atoms with Crippen LogP contribution >= 0.6 is 0 Å². The Kier molecular flexibility index (Phi) is 1.80. The Balaban J connectivity index is 2.36. The molecule has 1 heterocycles. The molecule has 0 saturated carbocycles. The van der Waals surface area contributed by atoms with E-state index in [2.05, 4.69) is 4.98 Å². The van der Waals surface area contributed by atoms with Gasteiger partial charge in [-0.15, -0.1) is 0 Å². The molecule has 2 aromatic rings. The number of hydrogen-bond donors (Lipinski definition) is 1. The van der Waals surface area contributed by atoms with E-state index in [1.807, 2.05) is 0 Å². The smallest absolute Gasteiger partial charge is 0.189 e. The summed E-state index contributed by atoms with van der Waals surface area (Å²) in [5, 5.41) is 0.791. The Morgan fingerprint density at radius 3 is 2.94 bits per heavy atom. The Morgan fingerprint density at radius 1 is 1.38 bits per heavy atom. The van der Waals surface area contributed by atoms with Crippen molar-refractivity contribution < 1.29 is 13.9 Å². The molecule has 0 amide bonds. The molecule has 0 radical (unpaired) electrons. The van der Waals surface area contributed by atoms with E-state index >= 15 is 0 Å². The first-order valence-corrected chi connectivity index (χ1v) is 5.12. The predicted molar refractivity (Wildman–Crippen MR) is 57.5 cm³/mol. The third-order valence-electron chi connectivity index (χ3n) is 3.08. The summed E-state index contributed by atoms with van der Waals surface area (Å²) in [5.74, 6) is -0.174. The molecule has 1 aromatic carbocycles. The fourth-order valence-electron chi connectivity index (χ4n) is 2.28. The highest BCUT2D eigenvalue weighted by Crippen LogP contribution is 2.34. The van der Waals surface area contributed by atoms with Crippen molar-refractivity contribution in [2.75, 3.05) is 7.11 Å². The number of halogens is 1. The average molecular weight is 219 g/mol. The number of hydrogen-bond acceptors (Lipinski definition) is 2. The molecule has 3 rings (SSSR count). The Morgan fingerprint density at radius 2 is 2.19 bits per heavy atom. The van der Waals surface area contributed by atoms with Crippen LogP contribution in [0.25, 0.3) is 10.9 Å². The summed E-state index contributed by atoms with van der Waals surface area (Å²) in [7, 11) is 1.42. The number of aryl methyl sites for hydroxylation is 1. The van der Waals surface area contributed by atoms with Gasteiger partial charge in [0.15, 0.2) is 17.3 Å². The van der Waals surface area contributed by atoms with Crippen molar-refractivity contribution in [3.63, 3.8) is 0 Å². The van der Waals surface area contributed by atoms with Gasteiger partial charge in [0.1, 0.15) is 0 Å². The minimum absolute atomic E-state index is 0.0598. The topological polar surface area (TPSA) is 42.1 Å². The lowest BCUT2D eigenvalue weighted by Crippen LogP contribution is -1.93.